The second-order valence-corrected chi connectivity index (χ2v) is 2.53. The number of rotatable bonds is 1. The number of H-pyrrole nitrogens is 2. The van der Waals surface area contributed by atoms with E-state index in [1.54, 1.807) is 12.3 Å². The molecule has 0 amide bonds. The zero-order valence-electron chi connectivity index (χ0n) is 6.37. The summed E-state index contributed by atoms with van der Waals surface area (Å²) in [5.74, 6) is 0. The lowest BCUT2D eigenvalue weighted by atomic mass is 10.2. The van der Waals surface area contributed by atoms with Gasteiger partial charge in [-0.3, -0.25) is 4.79 Å². The van der Waals surface area contributed by atoms with Crippen LogP contribution in [0.25, 0.3) is 11.3 Å². The van der Waals surface area contributed by atoms with Crippen LogP contribution in [-0.2, 0) is 0 Å². The van der Waals surface area contributed by atoms with Crippen molar-refractivity contribution < 1.29 is 0 Å². The molecule has 0 spiro atoms. The van der Waals surface area contributed by atoms with Crippen molar-refractivity contribution in [2.45, 2.75) is 0 Å². The Labute approximate surface area is 69.1 Å². The SMILES string of the molecule is O=c1cc(-c2ccc[nH]2)cc[nH]1. The van der Waals surface area contributed by atoms with E-state index in [4.69, 9.17) is 0 Å². The van der Waals surface area contributed by atoms with Gasteiger partial charge < -0.3 is 9.97 Å². The first-order valence-corrected chi connectivity index (χ1v) is 3.69. The fraction of sp³-hybridized carbons (Fsp3) is 0. The highest BCUT2D eigenvalue weighted by Crippen LogP contribution is 2.12. The molecule has 3 heteroatoms. The quantitative estimate of drug-likeness (QED) is 0.650. The van der Waals surface area contributed by atoms with E-state index in [2.05, 4.69) is 9.97 Å². The van der Waals surface area contributed by atoms with Gasteiger partial charge in [0.15, 0.2) is 0 Å². The van der Waals surface area contributed by atoms with Crippen LogP contribution in [0.4, 0.5) is 0 Å². The van der Waals surface area contributed by atoms with Crippen molar-refractivity contribution in [3.8, 4) is 11.3 Å². The van der Waals surface area contributed by atoms with E-state index in [-0.39, 0.29) is 5.56 Å². The van der Waals surface area contributed by atoms with Crippen LogP contribution >= 0.6 is 0 Å². The summed E-state index contributed by atoms with van der Waals surface area (Å²) in [6.45, 7) is 0. The first-order valence-electron chi connectivity index (χ1n) is 3.69. The molecule has 2 aromatic heterocycles. The van der Waals surface area contributed by atoms with Crippen LogP contribution in [-0.4, -0.2) is 9.97 Å². The normalized spacial score (nSPS) is 10.0. The molecule has 0 aliphatic heterocycles. The van der Waals surface area contributed by atoms with Crippen LogP contribution < -0.4 is 5.56 Å². The number of hydrogen-bond donors (Lipinski definition) is 2. The number of nitrogens with one attached hydrogen (secondary N) is 2. The predicted molar refractivity (Wildman–Crippen MR) is 46.8 cm³/mol. The lowest BCUT2D eigenvalue weighted by Gasteiger charge is -1.94. The fourth-order valence-corrected chi connectivity index (χ4v) is 1.12. The number of aromatic amines is 2. The summed E-state index contributed by atoms with van der Waals surface area (Å²) in [5, 5.41) is 0. The van der Waals surface area contributed by atoms with Crippen LogP contribution in [0.1, 0.15) is 0 Å². The summed E-state index contributed by atoms with van der Waals surface area (Å²) < 4.78 is 0. The summed E-state index contributed by atoms with van der Waals surface area (Å²) in [4.78, 5) is 16.5. The lowest BCUT2D eigenvalue weighted by Crippen LogP contribution is -2.01. The molecule has 0 saturated heterocycles. The molecule has 0 aliphatic carbocycles. The largest absolute Gasteiger partial charge is 0.361 e. The Morgan fingerprint density at radius 3 is 2.67 bits per heavy atom. The van der Waals surface area contributed by atoms with Crippen LogP contribution in [0.3, 0.4) is 0 Å². The zero-order chi connectivity index (χ0) is 8.39. The van der Waals surface area contributed by atoms with Gasteiger partial charge in [0, 0.05) is 29.7 Å². The summed E-state index contributed by atoms with van der Waals surface area (Å²) >= 11 is 0. The molecule has 2 heterocycles. The highest BCUT2D eigenvalue weighted by Gasteiger charge is 1.96. The predicted octanol–water partition coefficient (Wildman–Crippen LogP) is 1.37. The molecule has 0 bridgehead atoms. The van der Waals surface area contributed by atoms with Crippen LogP contribution in [0.5, 0.6) is 0 Å². The van der Waals surface area contributed by atoms with Gasteiger partial charge in [0.1, 0.15) is 0 Å². The Bertz CT molecular complexity index is 414. The van der Waals surface area contributed by atoms with Crippen molar-refractivity contribution in [2.75, 3.05) is 0 Å². The Hall–Kier alpha value is -1.77. The second-order valence-electron chi connectivity index (χ2n) is 2.53. The lowest BCUT2D eigenvalue weighted by molar-refractivity contribution is 1.23. The molecule has 2 rings (SSSR count). The van der Waals surface area contributed by atoms with Crippen LogP contribution in [0, 0.1) is 0 Å². The van der Waals surface area contributed by atoms with E-state index >= 15 is 0 Å². The highest BCUT2D eigenvalue weighted by atomic mass is 16.1. The smallest absolute Gasteiger partial charge is 0.248 e. The minimum Gasteiger partial charge on any atom is -0.361 e. The van der Waals surface area contributed by atoms with E-state index < -0.39 is 0 Å². The van der Waals surface area contributed by atoms with Crippen LogP contribution in [0.2, 0.25) is 0 Å². The molecular formula is C9H8N2O. The average molecular weight is 160 g/mol. The average Bonchev–Trinajstić information content (AvgIpc) is 2.56. The molecule has 60 valence electrons. The maximum absolute atomic E-state index is 10.9. The van der Waals surface area contributed by atoms with E-state index in [1.165, 1.54) is 0 Å². The van der Waals surface area contributed by atoms with E-state index in [1.807, 2.05) is 24.4 Å². The van der Waals surface area contributed by atoms with Gasteiger partial charge in [-0.15, -0.1) is 0 Å². The van der Waals surface area contributed by atoms with Crippen LogP contribution in [0.15, 0.2) is 41.5 Å². The van der Waals surface area contributed by atoms with Crippen molar-refractivity contribution in [1.82, 2.24) is 9.97 Å². The summed E-state index contributed by atoms with van der Waals surface area (Å²) in [7, 11) is 0. The molecule has 0 radical (unpaired) electrons. The molecule has 0 aliphatic rings. The third-order valence-electron chi connectivity index (χ3n) is 1.68. The minimum absolute atomic E-state index is 0.0814. The van der Waals surface area contributed by atoms with Gasteiger partial charge in [-0.1, -0.05) is 0 Å². The first-order chi connectivity index (χ1) is 5.86. The molecule has 0 aromatic carbocycles. The second kappa shape index (κ2) is 2.70. The van der Waals surface area contributed by atoms with Gasteiger partial charge >= 0.3 is 0 Å². The fourth-order valence-electron chi connectivity index (χ4n) is 1.12. The Balaban J connectivity index is 2.55. The maximum atomic E-state index is 10.9. The van der Waals surface area contributed by atoms with Crippen molar-refractivity contribution in [1.29, 1.82) is 0 Å². The number of hydrogen-bond acceptors (Lipinski definition) is 1. The van der Waals surface area contributed by atoms with E-state index in [0.717, 1.165) is 11.3 Å². The van der Waals surface area contributed by atoms with Gasteiger partial charge in [0.2, 0.25) is 5.56 Å². The third kappa shape index (κ3) is 1.16. The maximum Gasteiger partial charge on any atom is 0.248 e. The van der Waals surface area contributed by atoms with Gasteiger partial charge in [0.05, 0.1) is 0 Å². The van der Waals surface area contributed by atoms with Gasteiger partial charge in [-0.25, -0.2) is 0 Å². The number of aromatic nitrogens is 2. The van der Waals surface area contributed by atoms with Crippen molar-refractivity contribution in [3.05, 3.63) is 47.0 Å². The molecule has 0 saturated carbocycles. The van der Waals surface area contributed by atoms with Crippen molar-refractivity contribution >= 4 is 0 Å². The van der Waals surface area contributed by atoms with Gasteiger partial charge in [0.25, 0.3) is 0 Å². The molecule has 2 aromatic rings. The van der Waals surface area contributed by atoms with Gasteiger partial charge in [-0.2, -0.15) is 0 Å². The van der Waals surface area contributed by atoms with Gasteiger partial charge in [-0.05, 0) is 18.2 Å². The summed E-state index contributed by atoms with van der Waals surface area (Å²) in [6.07, 6.45) is 3.47. The third-order valence-corrected chi connectivity index (χ3v) is 1.68. The monoisotopic (exact) mass is 160 g/mol. The Morgan fingerprint density at radius 1 is 1.08 bits per heavy atom. The highest BCUT2D eigenvalue weighted by molar-refractivity contribution is 5.57. The summed E-state index contributed by atoms with van der Waals surface area (Å²) in [5.41, 5.74) is 1.78. The molecule has 12 heavy (non-hydrogen) atoms. The first kappa shape index (κ1) is 6.91. The molecular weight excluding hydrogens is 152 g/mol. The Morgan fingerprint density at radius 2 is 2.00 bits per heavy atom. The minimum atomic E-state index is -0.0814. The topological polar surface area (TPSA) is 48.6 Å². The molecule has 3 nitrogen and oxygen atoms in total. The summed E-state index contributed by atoms with van der Waals surface area (Å²) in [6, 6.07) is 7.24. The molecule has 2 N–H and O–H groups in total. The van der Waals surface area contributed by atoms with Crippen molar-refractivity contribution in [3.63, 3.8) is 0 Å². The van der Waals surface area contributed by atoms with E-state index in [9.17, 15) is 4.79 Å². The zero-order valence-corrected chi connectivity index (χ0v) is 6.37. The molecule has 0 unspecified atom stereocenters. The molecule has 0 fully saturated rings. The number of pyridine rings is 1. The van der Waals surface area contributed by atoms with Crippen molar-refractivity contribution in [2.24, 2.45) is 0 Å². The molecule has 0 atom stereocenters. The Kier molecular flexibility index (Phi) is 1.55. The standard InChI is InChI=1S/C9H8N2O/c12-9-6-7(3-5-11-9)8-2-1-4-10-8/h1-6,10H,(H,11,12). The van der Waals surface area contributed by atoms with E-state index in [0.29, 0.717) is 0 Å².